The standard InChI is InChI=1S/C29H29N7O/c1-18-12-13-19(17-31-18)36-27(16-25(35-36)29(2,3)4)34-28(37)33-24-15-14-22(20-8-5-6-9-21(20)24)23-10-7-11-26(30)32-23/h5-17H,1-4H3,(H2,30,32)(H2,33,34,37). The highest BCUT2D eigenvalue weighted by atomic mass is 16.2. The number of aryl methyl sites for hydroxylation is 1. The van der Waals surface area contributed by atoms with Gasteiger partial charge in [-0.15, -0.1) is 0 Å². The molecule has 0 aliphatic rings. The Hall–Kier alpha value is -4.72. The summed E-state index contributed by atoms with van der Waals surface area (Å²) in [5, 5.41) is 12.6. The van der Waals surface area contributed by atoms with Crippen molar-refractivity contribution >= 4 is 34.1 Å². The third-order valence-corrected chi connectivity index (χ3v) is 6.08. The predicted molar refractivity (Wildman–Crippen MR) is 149 cm³/mol. The Morgan fingerprint density at radius 3 is 2.41 bits per heavy atom. The van der Waals surface area contributed by atoms with E-state index in [0.29, 0.717) is 17.3 Å². The molecule has 0 bridgehead atoms. The van der Waals surface area contributed by atoms with Gasteiger partial charge in [0, 0.05) is 28.1 Å². The SMILES string of the molecule is Cc1ccc(-n2nc(C(C)(C)C)cc2NC(=O)Nc2ccc(-c3cccc(N)n3)c3ccccc23)cn1. The van der Waals surface area contributed by atoms with Crippen LogP contribution in [0.3, 0.4) is 0 Å². The lowest BCUT2D eigenvalue weighted by atomic mass is 9.92. The molecule has 0 saturated carbocycles. The van der Waals surface area contributed by atoms with Gasteiger partial charge in [-0.25, -0.2) is 14.5 Å². The molecular weight excluding hydrogens is 462 g/mol. The number of benzene rings is 2. The maximum absolute atomic E-state index is 13.2. The molecule has 0 radical (unpaired) electrons. The van der Waals surface area contributed by atoms with Gasteiger partial charge >= 0.3 is 6.03 Å². The van der Waals surface area contributed by atoms with Crippen molar-refractivity contribution < 1.29 is 4.79 Å². The minimum absolute atomic E-state index is 0.197. The maximum atomic E-state index is 13.2. The monoisotopic (exact) mass is 491 g/mol. The fraction of sp³-hybridized carbons (Fsp3) is 0.172. The van der Waals surface area contributed by atoms with Crippen LogP contribution >= 0.6 is 0 Å². The molecule has 186 valence electrons. The Morgan fingerprint density at radius 2 is 1.70 bits per heavy atom. The molecule has 2 aromatic carbocycles. The normalized spacial score (nSPS) is 11.5. The molecule has 2 amide bonds. The summed E-state index contributed by atoms with van der Waals surface area (Å²) in [6, 6.07) is 22.6. The first-order valence-electron chi connectivity index (χ1n) is 12.1. The number of rotatable bonds is 4. The van der Waals surface area contributed by atoms with Crippen LogP contribution in [0.2, 0.25) is 0 Å². The molecule has 0 saturated heterocycles. The molecule has 0 unspecified atom stereocenters. The Bertz CT molecular complexity index is 1600. The average molecular weight is 492 g/mol. The Labute approximate surface area is 215 Å². The van der Waals surface area contributed by atoms with Gasteiger partial charge in [-0.2, -0.15) is 5.10 Å². The smallest absolute Gasteiger partial charge is 0.324 e. The second-order valence-corrected chi connectivity index (χ2v) is 9.97. The molecular formula is C29H29N7O. The molecule has 5 aromatic rings. The van der Waals surface area contributed by atoms with E-state index in [1.165, 1.54) is 0 Å². The van der Waals surface area contributed by atoms with E-state index >= 15 is 0 Å². The van der Waals surface area contributed by atoms with Crippen LogP contribution in [0.5, 0.6) is 0 Å². The van der Waals surface area contributed by atoms with Crippen molar-refractivity contribution in [3.05, 3.63) is 90.4 Å². The zero-order chi connectivity index (χ0) is 26.2. The number of amides is 2. The van der Waals surface area contributed by atoms with Gasteiger partial charge in [0.1, 0.15) is 11.6 Å². The first-order valence-corrected chi connectivity index (χ1v) is 12.1. The topological polar surface area (TPSA) is 111 Å². The number of pyridine rings is 2. The van der Waals surface area contributed by atoms with Gasteiger partial charge in [0.15, 0.2) is 0 Å². The lowest BCUT2D eigenvalue weighted by Crippen LogP contribution is -2.21. The largest absolute Gasteiger partial charge is 0.384 e. The van der Waals surface area contributed by atoms with E-state index in [-0.39, 0.29) is 11.4 Å². The van der Waals surface area contributed by atoms with Gasteiger partial charge in [-0.05, 0) is 42.6 Å². The van der Waals surface area contributed by atoms with Crippen LogP contribution in [0.25, 0.3) is 27.7 Å². The van der Waals surface area contributed by atoms with E-state index in [9.17, 15) is 4.79 Å². The van der Waals surface area contributed by atoms with Gasteiger partial charge in [0.25, 0.3) is 0 Å². The summed E-state index contributed by atoms with van der Waals surface area (Å²) in [6.07, 6.45) is 1.74. The Balaban J connectivity index is 1.47. The molecule has 8 heteroatoms. The van der Waals surface area contributed by atoms with Crippen LogP contribution in [-0.4, -0.2) is 25.8 Å². The number of fused-ring (bicyclic) bond motifs is 1. The number of carbonyl (C=O) groups excluding carboxylic acids is 1. The van der Waals surface area contributed by atoms with Crippen LogP contribution in [0.15, 0.2) is 79.0 Å². The van der Waals surface area contributed by atoms with Crippen LogP contribution in [-0.2, 0) is 5.41 Å². The molecule has 0 atom stereocenters. The van der Waals surface area contributed by atoms with E-state index in [4.69, 9.17) is 10.8 Å². The van der Waals surface area contributed by atoms with E-state index < -0.39 is 0 Å². The van der Waals surface area contributed by atoms with Gasteiger partial charge in [-0.1, -0.05) is 57.2 Å². The van der Waals surface area contributed by atoms with Crippen LogP contribution < -0.4 is 16.4 Å². The number of carbonyl (C=O) groups is 1. The zero-order valence-corrected chi connectivity index (χ0v) is 21.3. The number of hydrogen-bond acceptors (Lipinski definition) is 5. The molecule has 3 heterocycles. The van der Waals surface area contributed by atoms with E-state index in [1.54, 1.807) is 16.9 Å². The molecule has 0 spiro atoms. The average Bonchev–Trinajstić information content (AvgIpc) is 3.29. The number of nitrogens with one attached hydrogen (secondary N) is 2. The summed E-state index contributed by atoms with van der Waals surface area (Å²) in [5.41, 5.74) is 10.6. The maximum Gasteiger partial charge on any atom is 0.324 e. The summed E-state index contributed by atoms with van der Waals surface area (Å²) >= 11 is 0. The predicted octanol–water partition coefficient (Wildman–Crippen LogP) is 6.31. The van der Waals surface area contributed by atoms with Gasteiger partial charge in [0.2, 0.25) is 0 Å². The summed E-state index contributed by atoms with van der Waals surface area (Å²) < 4.78 is 1.71. The fourth-order valence-electron chi connectivity index (χ4n) is 4.12. The van der Waals surface area contributed by atoms with Crippen LogP contribution in [0.4, 0.5) is 22.1 Å². The molecule has 5 rings (SSSR count). The van der Waals surface area contributed by atoms with Crippen molar-refractivity contribution in [2.75, 3.05) is 16.4 Å². The second kappa shape index (κ2) is 9.39. The van der Waals surface area contributed by atoms with Crippen molar-refractivity contribution in [1.29, 1.82) is 0 Å². The molecule has 0 fully saturated rings. The summed E-state index contributed by atoms with van der Waals surface area (Å²) in [6.45, 7) is 8.18. The molecule has 0 aliphatic carbocycles. The van der Waals surface area contributed by atoms with Crippen LogP contribution in [0, 0.1) is 6.92 Å². The molecule has 8 nitrogen and oxygen atoms in total. The molecule has 37 heavy (non-hydrogen) atoms. The molecule has 3 aromatic heterocycles. The summed E-state index contributed by atoms with van der Waals surface area (Å²) in [4.78, 5) is 22.1. The Kier molecular flexibility index (Phi) is 6.09. The fourth-order valence-corrected chi connectivity index (χ4v) is 4.12. The molecule has 0 aliphatic heterocycles. The van der Waals surface area contributed by atoms with E-state index in [0.717, 1.165) is 39.1 Å². The van der Waals surface area contributed by atoms with Crippen LogP contribution in [0.1, 0.15) is 32.2 Å². The lowest BCUT2D eigenvalue weighted by molar-refractivity contribution is 0.262. The lowest BCUT2D eigenvalue weighted by Gasteiger charge is -2.14. The van der Waals surface area contributed by atoms with Crippen molar-refractivity contribution in [3.63, 3.8) is 0 Å². The second-order valence-electron chi connectivity index (χ2n) is 9.97. The number of anilines is 3. The van der Waals surface area contributed by atoms with Gasteiger partial charge in [-0.3, -0.25) is 10.3 Å². The van der Waals surface area contributed by atoms with Crippen molar-refractivity contribution in [2.45, 2.75) is 33.1 Å². The number of nitrogens with zero attached hydrogens (tertiary/aromatic N) is 4. The Morgan fingerprint density at radius 1 is 0.919 bits per heavy atom. The van der Waals surface area contributed by atoms with E-state index in [2.05, 4.69) is 41.4 Å². The van der Waals surface area contributed by atoms with Gasteiger partial charge < -0.3 is 11.1 Å². The third kappa shape index (κ3) is 4.99. The third-order valence-electron chi connectivity index (χ3n) is 6.08. The number of aromatic nitrogens is 4. The van der Waals surface area contributed by atoms with Gasteiger partial charge in [0.05, 0.1) is 29.0 Å². The first-order chi connectivity index (χ1) is 17.7. The summed E-state index contributed by atoms with van der Waals surface area (Å²) in [7, 11) is 0. The number of hydrogen-bond donors (Lipinski definition) is 3. The highest BCUT2D eigenvalue weighted by Gasteiger charge is 2.22. The van der Waals surface area contributed by atoms with Crippen molar-refractivity contribution in [2.24, 2.45) is 0 Å². The molecule has 4 N–H and O–H groups in total. The highest BCUT2D eigenvalue weighted by Crippen LogP contribution is 2.33. The number of urea groups is 1. The number of nitrogens with two attached hydrogens (primary N) is 1. The van der Waals surface area contributed by atoms with E-state index in [1.807, 2.05) is 73.7 Å². The minimum Gasteiger partial charge on any atom is -0.384 e. The highest BCUT2D eigenvalue weighted by molar-refractivity contribution is 6.09. The van der Waals surface area contributed by atoms with Crippen molar-refractivity contribution in [1.82, 2.24) is 19.7 Å². The minimum atomic E-state index is -0.373. The quantitative estimate of drug-likeness (QED) is 0.273. The number of nitrogen functional groups attached to an aromatic ring is 1. The van der Waals surface area contributed by atoms with Crippen molar-refractivity contribution in [3.8, 4) is 16.9 Å². The zero-order valence-electron chi connectivity index (χ0n) is 21.3. The summed E-state index contributed by atoms with van der Waals surface area (Å²) in [5.74, 6) is 1.01. The first kappa shape index (κ1) is 24.0.